The highest BCUT2D eigenvalue weighted by atomic mass is 19.1. The van der Waals surface area contributed by atoms with Gasteiger partial charge in [-0.3, -0.25) is 14.9 Å². The molecule has 1 aromatic carbocycles. The first-order valence-corrected chi connectivity index (χ1v) is 9.65. The van der Waals surface area contributed by atoms with E-state index >= 15 is 0 Å². The maximum Gasteiger partial charge on any atom is 0.274 e. The largest absolute Gasteiger partial charge is 0.305 e. The molecule has 0 radical (unpaired) electrons. The Morgan fingerprint density at radius 1 is 1.42 bits per heavy atom. The van der Waals surface area contributed by atoms with Crippen LogP contribution < -0.4 is 5.48 Å². The van der Waals surface area contributed by atoms with Crippen molar-refractivity contribution in [2.45, 2.75) is 57.7 Å². The van der Waals surface area contributed by atoms with Gasteiger partial charge in [0.05, 0.1) is 0 Å². The van der Waals surface area contributed by atoms with E-state index in [1.165, 1.54) is 38.4 Å². The number of nitrogens with zero attached hydrogens (tertiary/aromatic N) is 2. The van der Waals surface area contributed by atoms with E-state index in [4.69, 9.17) is 5.21 Å². The third-order valence-corrected chi connectivity index (χ3v) is 6.74. The topological polar surface area (TPSA) is 55.8 Å². The second kappa shape index (κ2) is 6.59. The van der Waals surface area contributed by atoms with Crippen molar-refractivity contribution in [1.29, 1.82) is 0 Å². The smallest absolute Gasteiger partial charge is 0.274 e. The summed E-state index contributed by atoms with van der Waals surface area (Å²) in [7, 11) is 2.18. The summed E-state index contributed by atoms with van der Waals surface area (Å²) in [6.07, 6.45) is 5.41. The fourth-order valence-electron chi connectivity index (χ4n) is 5.59. The van der Waals surface area contributed by atoms with Gasteiger partial charge in [0.25, 0.3) is 5.91 Å². The number of hydroxylamine groups is 1. The number of halogens is 1. The molecule has 1 spiro atoms. The summed E-state index contributed by atoms with van der Waals surface area (Å²) >= 11 is 0. The standard InChI is InChI=1S/C20H28FN3O2/c1-3-15-8-17-14(6-13(7-18(17)21)19(25)22-26)10-24(15)16-4-5-20(9-16)11-23(2)12-20/h6-7,15-16,26H,3-5,8-12H2,1-2H3,(H,22,25)/t15-,16-/m0/s1. The monoisotopic (exact) mass is 361 g/mol. The lowest BCUT2D eigenvalue weighted by atomic mass is 9.78. The molecule has 2 fully saturated rings. The van der Waals surface area contributed by atoms with Crippen LogP contribution in [-0.2, 0) is 13.0 Å². The third-order valence-electron chi connectivity index (χ3n) is 6.74. The van der Waals surface area contributed by atoms with Crippen LogP contribution in [0.4, 0.5) is 4.39 Å². The second-order valence-electron chi connectivity index (χ2n) is 8.54. The molecule has 0 aromatic heterocycles. The number of likely N-dealkylation sites (tertiary alicyclic amines) is 1. The molecule has 142 valence electrons. The highest BCUT2D eigenvalue weighted by molar-refractivity contribution is 5.93. The van der Waals surface area contributed by atoms with Crippen LogP contribution in [0.15, 0.2) is 12.1 Å². The molecule has 4 rings (SSSR count). The van der Waals surface area contributed by atoms with E-state index < -0.39 is 5.91 Å². The zero-order valence-electron chi connectivity index (χ0n) is 15.6. The number of carbonyl (C=O) groups excluding carboxylic acids is 1. The Morgan fingerprint density at radius 2 is 2.19 bits per heavy atom. The average molecular weight is 361 g/mol. The van der Waals surface area contributed by atoms with Gasteiger partial charge in [0, 0.05) is 37.3 Å². The van der Waals surface area contributed by atoms with E-state index in [0.717, 1.165) is 17.5 Å². The van der Waals surface area contributed by atoms with Gasteiger partial charge in [0.2, 0.25) is 0 Å². The Labute approximate surface area is 154 Å². The van der Waals surface area contributed by atoms with Gasteiger partial charge in [-0.05, 0) is 67.8 Å². The van der Waals surface area contributed by atoms with E-state index in [1.807, 2.05) is 0 Å². The lowest BCUT2D eigenvalue weighted by Gasteiger charge is -2.48. The molecular formula is C20H28FN3O2. The van der Waals surface area contributed by atoms with Crippen molar-refractivity contribution in [3.8, 4) is 0 Å². The first-order valence-electron chi connectivity index (χ1n) is 9.65. The number of rotatable bonds is 3. The van der Waals surface area contributed by atoms with E-state index in [1.54, 1.807) is 11.5 Å². The molecule has 1 aliphatic carbocycles. The zero-order valence-corrected chi connectivity index (χ0v) is 15.6. The molecule has 3 aliphatic rings. The lowest BCUT2D eigenvalue weighted by Crippen LogP contribution is -2.54. The minimum absolute atomic E-state index is 0.183. The summed E-state index contributed by atoms with van der Waals surface area (Å²) < 4.78 is 14.6. The maximum absolute atomic E-state index is 14.6. The normalized spacial score (nSPS) is 28.0. The van der Waals surface area contributed by atoms with Crippen molar-refractivity contribution < 1.29 is 14.4 Å². The van der Waals surface area contributed by atoms with Crippen molar-refractivity contribution in [3.05, 3.63) is 34.6 Å². The van der Waals surface area contributed by atoms with Crippen molar-refractivity contribution in [2.24, 2.45) is 5.41 Å². The van der Waals surface area contributed by atoms with Crippen LogP contribution in [0.2, 0.25) is 0 Å². The van der Waals surface area contributed by atoms with Crippen molar-refractivity contribution in [3.63, 3.8) is 0 Å². The zero-order chi connectivity index (χ0) is 18.5. The summed E-state index contributed by atoms with van der Waals surface area (Å²) in [5.74, 6) is -0.990. The van der Waals surface area contributed by atoms with Gasteiger partial charge < -0.3 is 4.90 Å². The number of nitrogens with one attached hydrogen (secondary N) is 1. The molecule has 1 saturated carbocycles. The molecule has 1 aromatic rings. The summed E-state index contributed by atoms with van der Waals surface area (Å²) in [5, 5.41) is 8.86. The van der Waals surface area contributed by atoms with Gasteiger partial charge in [-0.15, -0.1) is 0 Å². The van der Waals surface area contributed by atoms with Crippen LogP contribution in [0.1, 0.15) is 54.1 Å². The van der Waals surface area contributed by atoms with E-state index in [9.17, 15) is 9.18 Å². The van der Waals surface area contributed by atoms with Crippen LogP contribution in [0, 0.1) is 11.2 Å². The SMILES string of the molecule is CC[C@H]1Cc2c(F)cc(C(=O)NO)cc2CN1[C@H]1CCC2(C1)CN(C)C2. The Kier molecular flexibility index (Phi) is 4.53. The quantitative estimate of drug-likeness (QED) is 0.642. The van der Waals surface area contributed by atoms with Gasteiger partial charge in [-0.25, -0.2) is 9.87 Å². The fraction of sp³-hybridized carbons (Fsp3) is 0.650. The summed E-state index contributed by atoms with van der Waals surface area (Å²) in [6.45, 7) is 5.25. The Bertz CT molecular complexity index is 717. The van der Waals surface area contributed by atoms with Crippen molar-refractivity contribution >= 4 is 5.91 Å². The molecule has 5 nitrogen and oxygen atoms in total. The molecule has 2 atom stereocenters. The first-order chi connectivity index (χ1) is 12.4. The molecule has 6 heteroatoms. The Balaban J connectivity index is 1.58. The van der Waals surface area contributed by atoms with Crippen LogP contribution in [-0.4, -0.2) is 53.1 Å². The summed E-state index contributed by atoms with van der Waals surface area (Å²) in [5.41, 5.74) is 3.90. The molecule has 1 amide bonds. The third kappa shape index (κ3) is 2.94. The van der Waals surface area contributed by atoms with Crippen LogP contribution in [0.25, 0.3) is 0 Å². The highest BCUT2D eigenvalue weighted by Crippen LogP contribution is 2.48. The molecule has 1 saturated heterocycles. The lowest BCUT2D eigenvalue weighted by molar-refractivity contribution is 0.0146. The molecule has 26 heavy (non-hydrogen) atoms. The molecular weight excluding hydrogens is 333 g/mol. The van der Waals surface area contributed by atoms with E-state index in [0.29, 0.717) is 30.5 Å². The predicted molar refractivity (Wildman–Crippen MR) is 96.5 cm³/mol. The Morgan fingerprint density at radius 3 is 2.85 bits per heavy atom. The van der Waals surface area contributed by atoms with Gasteiger partial charge in [0.1, 0.15) is 5.82 Å². The number of carbonyl (C=O) groups is 1. The molecule has 2 N–H and O–H groups in total. The first kappa shape index (κ1) is 17.9. The molecule has 2 heterocycles. The number of fused-ring (bicyclic) bond motifs is 1. The maximum atomic E-state index is 14.6. The summed E-state index contributed by atoms with van der Waals surface area (Å²) in [6, 6.07) is 3.87. The number of hydrogen-bond donors (Lipinski definition) is 2. The minimum Gasteiger partial charge on any atom is -0.305 e. The van der Waals surface area contributed by atoms with Gasteiger partial charge in [0.15, 0.2) is 0 Å². The molecule has 0 unspecified atom stereocenters. The van der Waals surface area contributed by atoms with Crippen LogP contribution in [0.5, 0.6) is 0 Å². The van der Waals surface area contributed by atoms with Crippen LogP contribution in [0.3, 0.4) is 0 Å². The average Bonchev–Trinajstić information content (AvgIpc) is 3.04. The van der Waals surface area contributed by atoms with Crippen molar-refractivity contribution in [2.75, 3.05) is 20.1 Å². The number of hydrogen-bond acceptors (Lipinski definition) is 4. The minimum atomic E-state index is -0.659. The van der Waals surface area contributed by atoms with Gasteiger partial charge in [-0.2, -0.15) is 0 Å². The number of benzene rings is 1. The molecule has 0 bridgehead atoms. The highest BCUT2D eigenvalue weighted by Gasteiger charge is 2.49. The molecule has 2 aliphatic heterocycles. The number of amides is 1. The fourth-order valence-corrected chi connectivity index (χ4v) is 5.59. The van der Waals surface area contributed by atoms with E-state index in [2.05, 4.69) is 23.8 Å². The Hall–Kier alpha value is -1.50. The van der Waals surface area contributed by atoms with Crippen molar-refractivity contribution in [1.82, 2.24) is 15.3 Å². The van der Waals surface area contributed by atoms with Crippen LogP contribution >= 0.6 is 0 Å². The van der Waals surface area contributed by atoms with Gasteiger partial charge >= 0.3 is 0 Å². The van der Waals surface area contributed by atoms with E-state index in [-0.39, 0.29) is 11.4 Å². The predicted octanol–water partition coefficient (Wildman–Crippen LogP) is 2.57. The second-order valence-corrected chi connectivity index (χ2v) is 8.54. The summed E-state index contributed by atoms with van der Waals surface area (Å²) in [4.78, 5) is 16.7. The van der Waals surface area contributed by atoms with Gasteiger partial charge in [-0.1, -0.05) is 6.92 Å².